The fourth-order valence-electron chi connectivity index (χ4n) is 6.61. The van der Waals surface area contributed by atoms with Crippen molar-refractivity contribution in [2.45, 2.75) is 0 Å². The predicted molar refractivity (Wildman–Crippen MR) is 210 cm³/mol. The van der Waals surface area contributed by atoms with Crippen molar-refractivity contribution in [3.8, 4) is 73.6 Å². The van der Waals surface area contributed by atoms with E-state index >= 15 is 0 Å². The summed E-state index contributed by atoms with van der Waals surface area (Å²) in [6, 6.07) is 60.5. The second kappa shape index (κ2) is 12.9. The van der Waals surface area contributed by atoms with Crippen LogP contribution in [-0.4, -0.2) is 15.0 Å². The summed E-state index contributed by atoms with van der Waals surface area (Å²) in [5.74, 6) is 1.86. The SMILES string of the molecule is N#Cc1cccc(-c2ccc(-c3nc(-c4ccccc4)nc(-c4ccc5c(c4)sc4cccc(-c6ccc(-c7ccccc7)cc6)c45)n3)cc2)c1. The maximum atomic E-state index is 9.37. The molecule has 0 unspecified atom stereocenters. The average molecular weight is 669 g/mol. The van der Waals surface area contributed by atoms with E-state index in [2.05, 4.69) is 91.0 Å². The summed E-state index contributed by atoms with van der Waals surface area (Å²) in [6.07, 6.45) is 0. The molecule has 0 bridgehead atoms. The van der Waals surface area contributed by atoms with E-state index < -0.39 is 0 Å². The molecule has 7 aromatic carbocycles. The molecule has 2 aromatic heterocycles. The summed E-state index contributed by atoms with van der Waals surface area (Å²) in [5, 5.41) is 11.8. The minimum absolute atomic E-state index is 0.605. The number of aromatic nitrogens is 3. The fraction of sp³-hybridized carbons (Fsp3) is 0. The highest BCUT2D eigenvalue weighted by Crippen LogP contribution is 2.41. The largest absolute Gasteiger partial charge is 0.208 e. The molecule has 0 fully saturated rings. The molecule has 9 aromatic rings. The van der Waals surface area contributed by atoms with Crippen LogP contribution in [0.3, 0.4) is 0 Å². The molecule has 0 spiro atoms. The normalized spacial score (nSPS) is 11.1. The Kier molecular flexibility index (Phi) is 7.70. The van der Waals surface area contributed by atoms with Crippen LogP contribution in [0.4, 0.5) is 0 Å². The topological polar surface area (TPSA) is 62.5 Å². The van der Waals surface area contributed by atoms with Crippen LogP contribution in [0.1, 0.15) is 5.56 Å². The zero-order chi connectivity index (χ0) is 34.1. The van der Waals surface area contributed by atoms with Gasteiger partial charge in [0, 0.05) is 36.9 Å². The van der Waals surface area contributed by atoms with Crippen LogP contribution in [0.15, 0.2) is 170 Å². The number of benzene rings is 7. The lowest BCUT2D eigenvalue weighted by Gasteiger charge is -2.10. The molecule has 0 N–H and O–H groups in total. The summed E-state index contributed by atoms with van der Waals surface area (Å²) in [6.45, 7) is 0. The third-order valence-corrected chi connectivity index (χ3v) is 10.3. The molecule has 9 rings (SSSR count). The highest BCUT2D eigenvalue weighted by Gasteiger charge is 2.16. The summed E-state index contributed by atoms with van der Waals surface area (Å²) in [5.41, 5.74) is 10.3. The zero-order valence-electron chi connectivity index (χ0n) is 27.4. The number of nitrogens with zero attached hydrogens (tertiary/aromatic N) is 4. The molecule has 0 radical (unpaired) electrons. The Morgan fingerprint density at radius 2 is 0.902 bits per heavy atom. The highest BCUT2D eigenvalue weighted by molar-refractivity contribution is 7.26. The number of fused-ring (bicyclic) bond motifs is 3. The van der Waals surface area contributed by atoms with Gasteiger partial charge in [0.25, 0.3) is 0 Å². The fourth-order valence-corrected chi connectivity index (χ4v) is 7.78. The van der Waals surface area contributed by atoms with E-state index in [4.69, 9.17) is 15.0 Å². The van der Waals surface area contributed by atoms with E-state index in [1.54, 1.807) is 11.3 Å². The Labute approximate surface area is 299 Å². The number of thiophene rings is 1. The number of nitriles is 1. The second-order valence-electron chi connectivity index (χ2n) is 12.4. The van der Waals surface area contributed by atoms with E-state index in [1.807, 2.05) is 84.9 Å². The van der Waals surface area contributed by atoms with E-state index in [-0.39, 0.29) is 0 Å². The molecule has 0 aliphatic heterocycles. The van der Waals surface area contributed by atoms with Gasteiger partial charge in [-0.1, -0.05) is 146 Å². The van der Waals surface area contributed by atoms with Gasteiger partial charge in [-0.2, -0.15) is 5.26 Å². The predicted octanol–water partition coefficient (Wildman–Crippen LogP) is 12.1. The van der Waals surface area contributed by atoms with Crippen LogP contribution in [0.5, 0.6) is 0 Å². The minimum atomic E-state index is 0.605. The smallest absolute Gasteiger partial charge is 0.164 e. The molecule has 0 saturated carbocycles. The van der Waals surface area contributed by atoms with Crippen LogP contribution >= 0.6 is 11.3 Å². The van der Waals surface area contributed by atoms with Gasteiger partial charge >= 0.3 is 0 Å². The molecule has 0 amide bonds. The van der Waals surface area contributed by atoms with Crippen molar-refractivity contribution >= 4 is 31.5 Å². The summed E-state index contributed by atoms with van der Waals surface area (Å²) < 4.78 is 2.43. The van der Waals surface area contributed by atoms with E-state index in [0.717, 1.165) is 27.8 Å². The van der Waals surface area contributed by atoms with Gasteiger partial charge in [-0.3, -0.25) is 0 Å². The van der Waals surface area contributed by atoms with Crippen molar-refractivity contribution in [3.05, 3.63) is 175 Å². The van der Waals surface area contributed by atoms with Gasteiger partial charge in [0.05, 0.1) is 11.6 Å². The lowest BCUT2D eigenvalue weighted by Crippen LogP contribution is -2.00. The van der Waals surface area contributed by atoms with Gasteiger partial charge in [-0.15, -0.1) is 11.3 Å². The molecule has 0 aliphatic carbocycles. The monoisotopic (exact) mass is 668 g/mol. The summed E-state index contributed by atoms with van der Waals surface area (Å²) in [7, 11) is 0. The molecule has 0 aliphatic rings. The number of rotatable bonds is 6. The molecule has 0 atom stereocenters. The van der Waals surface area contributed by atoms with Crippen molar-refractivity contribution in [2.24, 2.45) is 0 Å². The van der Waals surface area contributed by atoms with Crippen LogP contribution in [0, 0.1) is 11.3 Å². The lowest BCUT2D eigenvalue weighted by molar-refractivity contribution is 1.07. The molecule has 4 nitrogen and oxygen atoms in total. The van der Waals surface area contributed by atoms with Gasteiger partial charge in [-0.25, -0.2) is 15.0 Å². The van der Waals surface area contributed by atoms with Crippen molar-refractivity contribution in [1.29, 1.82) is 5.26 Å². The molecule has 0 saturated heterocycles. The standard InChI is InChI=1S/C46H28N4S/c47-29-30-9-7-14-37(27-30)33-19-23-36(24-20-33)45-48-44(35-12-5-2-6-13-35)49-46(50-45)38-25-26-40-42(28-38)51-41-16-8-15-39(43(40)41)34-21-17-32(18-22-34)31-10-3-1-4-11-31/h1-28H. The highest BCUT2D eigenvalue weighted by atomic mass is 32.1. The molecule has 5 heteroatoms. The van der Waals surface area contributed by atoms with Crippen LogP contribution in [0.25, 0.3) is 87.7 Å². The molecule has 2 heterocycles. The van der Waals surface area contributed by atoms with E-state index in [9.17, 15) is 5.26 Å². The third kappa shape index (κ3) is 5.84. The maximum Gasteiger partial charge on any atom is 0.164 e. The van der Waals surface area contributed by atoms with E-state index in [0.29, 0.717) is 23.0 Å². The number of hydrogen-bond acceptors (Lipinski definition) is 5. The lowest BCUT2D eigenvalue weighted by atomic mass is 9.97. The Morgan fingerprint density at radius 3 is 1.59 bits per heavy atom. The van der Waals surface area contributed by atoms with Crippen molar-refractivity contribution in [2.75, 3.05) is 0 Å². The third-order valence-electron chi connectivity index (χ3n) is 9.19. The Hall–Kier alpha value is -6.74. The Morgan fingerprint density at radius 1 is 0.392 bits per heavy atom. The van der Waals surface area contributed by atoms with E-state index in [1.165, 1.54) is 42.4 Å². The molecule has 51 heavy (non-hydrogen) atoms. The summed E-state index contributed by atoms with van der Waals surface area (Å²) >= 11 is 1.79. The summed E-state index contributed by atoms with van der Waals surface area (Å²) in [4.78, 5) is 15.0. The number of hydrogen-bond donors (Lipinski definition) is 0. The second-order valence-corrected chi connectivity index (χ2v) is 13.5. The van der Waals surface area contributed by atoms with Gasteiger partial charge < -0.3 is 0 Å². The van der Waals surface area contributed by atoms with Crippen molar-refractivity contribution in [3.63, 3.8) is 0 Å². The van der Waals surface area contributed by atoms with Crippen LogP contribution in [-0.2, 0) is 0 Å². The van der Waals surface area contributed by atoms with Gasteiger partial charge in [0.2, 0.25) is 0 Å². The quantitative estimate of drug-likeness (QED) is 0.177. The van der Waals surface area contributed by atoms with Gasteiger partial charge in [0.1, 0.15) is 0 Å². The minimum Gasteiger partial charge on any atom is -0.208 e. The first-order valence-corrected chi connectivity index (χ1v) is 17.6. The Balaban J connectivity index is 1.12. The van der Waals surface area contributed by atoms with Crippen molar-refractivity contribution < 1.29 is 0 Å². The maximum absolute atomic E-state index is 9.37. The van der Waals surface area contributed by atoms with Crippen LogP contribution < -0.4 is 0 Å². The molecule has 238 valence electrons. The zero-order valence-corrected chi connectivity index (χ0v) is 28.2. The van der Waals surface area contributed by atoms with Crippen LogP contribution in [0.2, 0.25) is 0 Å². The Bertz CT molecular complexity index is 2730. The average Bonchev–Trinajstić information content (AvgIpc) is 3.60. The van der Waals surface area contributed by atoms with Gasteiger partial charge in [0.15, 0.2) is 17.5 Å². The first-order valence-electron chi connectivity index (χ1n) is 16.7. The van der Waals surface area contributed by atoms with Gasteiger partial charge in [-0.05, 0) is 57.6 Å². The van der Waals surface area contributed by atoms with Crippen molar-refractivity contribution in [1.82, 2.24) is 15.0 Å². The molecular formula is C46H28N4S. The first kappa shape index (κ1) is 30.3. The first-order chi connectivity index (χ1) is 25.2. The molecular weight excluding hydrogens is 641 g/mol.